The van der Waals surface area contributed by atoms with Gasteiger partial charge in [0.05, 0.1) is 16.4 Å². The average molecular weight is 805 g/mol. The van der Waals surface area contributed by atoms with Crippen LogP contribution in [-0.4, -0.2) is 4.57 Å². The molecule has 0 saturated heterocycles. The van der Waals surface area contributed by atoms with Crippen LogP contribution in [0.2, 0.25) is 0 Å². The van der Waals surface area contributed by atoms with E-state index < -0.39 is 5.41 Å². The molecule has 0 N–H and O–H groups in total. The fourth-order valence-electron chi connectivity index (χ4n) is 11.1. The van der Waals surface area contributed by atoms with E-state index in [0.717, 1.165) is 78.3 Å². The van der Waals surface area contributed by atoms with Crippen molar-refractivity contribution in [3.63, 3.8) is 0 Å². The number of fused-ring (bicyclic) bond motifs is 14. The summed E-state index contributed by atoms with van der Waals surface area (Å²) in [7, 11) is 0. The van der Waals surface area contributed by atoms with Crippen LogP contribution in [0.4, 0.5) is 17.1 Å². The number of furan rings is 1. The highest BCUT2D eigenvalue weighted by molar-refractivity contribution is 6.12. The van der Waals surface area contributed by atoms with Crippen LogP contribution in [0.15, 0.2) is 223 Å². The Hall–Kier alpha value is -8.34. The van der Waals surface area contributed by atoms with E-state index in [1.54, 1.807) is 0 Å². The molecule has 294 valence electrons. The van der Waals surface area contributed by atoms with Gasteiger partial charge >= 0.3 is 0 Å². The Morgan fingerprint density at radius 3 is 1.87 bits per heavy atom. The lowest BCUT2D eigenvalue weighted by molar-refractivity contribution is 0.435. The highest BCUT2D eigenvalue weighted by Crippen LogP contribution is 2.61. The van der Waals surface area contributed by atoms with Crippen molar-refractivity contribution >= 4 is 71.6 Å². The maximum atomic E-state index is 6.75. The van der Waals surface area contributed by atoms with Crippen LogP contribution in [0.3, 0.4) is 0 Å². The SMILES string of the molecule is c1ccc(N(c2ccc3c(c2)C2(c4ccccc4Oc4ccccc42)c2cccc4cccc-3c24)c2ccc3c(c2)c2ccccc2n3-c2ccc3oc4ccccc4c3c2)cc1. The van der Waals surface area contributed by atoms with Gasteiger partial charge in [0.1, 0.15) is 22.7 Å². The molecule has 0 fully saturated rings. The van der Waals surface area contributed by atoms with Crippen molar-refractivity contribution < 1.29 is 9.15 Å². The summed E-state index contributed by atoms with van der Waals surface area (Å²) in [6.07, 6.45) is 0. The zero-order valence-corrected chi connectivity index (χ0v) is 34.0. The first kappa shape index (κ1) is 34.4. The molecule has 0 atom stereocenters. The molecule has 0 radical (unpaired) electrons. The third-order valence-electron chi connectivity index (χ3n) is 13.6. The van der Waals surface area contributed by atoms with E-state index >= 15 is 0 Å². The van der Waals surface area contributed by atoms with Crippen LogP contribution < -0.4 is 9.64 Å². The maximum Gasteiger partial charge on any atom is 0.135 e. The normalized spacial score (nSPS) is 13.3. The van der Waals surface area contributed by atoms with Gasteiger partial charge in [-0.2, -0.15) is 0 Å². The minimum absolute atomic E-state index is 0.647. The summed E-state index contributed by atoms with van der Waals surface area (Å²) in [5, 5.41) is 7.13. The molecule has 1 aliphatic heterocycles. The second kappa shape index (κ2) is 12.8. The highest BCUT2D eigenvalue weighted by Gasteiger charge is 2.49. The lowest BCUT2D eigenvalue weighted by atomic mass is 9.58. The van der Waals surface area contributed by atoms with E-state index in [-0.39, 0.29) is 0 Å². The summed E-state index contributed by atoms with van der Waals surface area (Å²) in [6.45, 7) is 0. The number of para-hydroxylation sites is 5. The van der Waals surface area contributed by atoms with E-state index in [0.29, 0.717) is 0 Å². The molecule has 0 amide bonds. The summed E-state index contributed by atoms with van der Waals surface area (Å²) < 4.78 is 15.4. The lowest BCUT2D eigenvalue weighted by Gasteiger charge is -2.45. The molecule has 2 aliphatic rings. The van der Waals surface area contributed by atoms with Gasteiger partial charge in [0.2, 0.25) is 0 Å². The van der Waals surface area contributed by atoms with Crippen molar-refractivity contribution in [2.75, 3.05) is 4.90 Å². The molecular formula is C59H36N2O2. The highest BCUT2D eigenvalue weighted by atomic mass is 16.5. The van der Waals surface area contributed by atoms with Crippen molar-refractivity contribution in [1.29, 1.82) is 0 Å². The molecule has 12 aromatic rings. The zero-order chi connectivity index (χ0) is 41.2. The largest absolute Gasteiger partial charge is 0.457 e. The van der Waals surface area contributed by atoms with Gasteiger partial charge in [0.15, 0.2) is 0 Å². The topological polar surface area (TPSA) is 30.5 Å². The molecule has 10 aromatic carbocycles. The minimum Gasteiger partial charge on any atom is -0.457 e. The van der Waals surface area contributed by atoms with E-state index in [1.807, 2.05) is 12.1 Å². The number of hydrogen-bond donors (Lipinski definition) is 0. The molecule has 2 aromatic heterocycles. The van der Waals surface area contributed by atoms with E-state index in [9.17, 15) is 0 Å². The van der Waals surface area contributed by atoms with Gasteiger partial charge < -0.3 is 18.6 Å². The minimum atomic E-state index is -0.647. The Bertz CT molecular complexity index is 3810. The quantitative estimate of drug-likeness (QED) is 0.178. The van der Waals surface area contributed by atoms with Crippen molar-refractivity contribution in [3.05, 3.63) is 241 Å². The summed E-state index contributed by atoms with van der Waals surface area (Å²) in [5.74, 6) is 1.76. The Balaban J connectivity index is 1.02. The Morgan fingerprint density at radius 1 is 0.381 bits per heavy atom. The molecule has 4 nitrogen and oxygen atoms in total. The Kier molecular flexibility index (Phi) is 7.01. The van der Waals surface area contributed by atoms with Gasteiger partial charge in [-0.3, -0.25) is 0 Å². The first-order valence-corrected chi connectivity index (χ1v) is 21.6. The van der Waals surface area contributed by atoms with Crippen molar-refractivity contribution in [1.82, 2.24) is 4.57 Å². The predicted octanol–water partition coefficient (Wildman–Crippen LogP) is 15.8. The third kappa shape index (κ3) is 4.69. The van der Waals surface area contributed by atoms with Crippen LogP contribution in [0.1, 0.15) is 22.3 Å². The average Bonchev–Trinajstić information content (AvgIpc) is 3.88. The standard InChI is InChI=1S/C59H36N2O2/c1-2-16-38(17-3-1)60(39-29-32-53-46(34-39)43-18-4-8-24-52(43)61(53)40-30-33-55-47(35-40)44-19-5-9-25-54(44)62-55)41-28-31-42-45-20-12-14-37-15-13-23-50(58(37)45)59(51(42)36-41)48-21-6-10-26-56(48)63-57-27-11-7-22-49(57)59/h1-36H. The number of nitrogens with zero attached hydrogens (tertiary/aromatic N) is 2. The molecule has 0 unspecified atom stereocenters. The first-order valence-electron chi connectivity index (χ1n) is 21.6. The van der Waals surface area contributed by atoms with Crippen molar-refractivity contribution in [3.8, 4) is 28.3 Å². The summed E-state index contributed by atoms with van der Waals surface area (Å²) >= 11 is 0. The number of rotatable bonds is 4. The predicted molar refractivity (Wildman–Crippen MR) is 258 cm³/mol. The maximum absolute atomic E-state index is 6.75. The van der Waals surface area contributed by atoms with Crippen LogP contribution in [0.25, 0.3) is 71.3 Å². The van der Waals surface area contributed by atoms with E-state index in [4.69, 9.17) is 9.15 Å². The second-order valence-electron chi connectivity index (χ2n) is 16.8. The monoisotopic (exact) mass is 804 g/mol. The Morgan fingerprint density at radius 2 is 1.03 bits per heavy atom. The lowest BCUT2D eigenvalue weighted by Crippen LogP contribution is -2.36. The molecule has 4 heteroatoms. The smallest absolute Gasteiger partial charge is 0.135 e. The molecule has 14 rings (SSSR count). The van der Waals surface area contributed by atoms with Gasteiger partial charge in [-0.1, -0.05) is 133 Å². The third-order valence-corrected chi connectivity index (χ3v) is 13.6. The molecule has 63 heavy (non-hydrogen) atoms. The fourth-order valence-corrected chi connectivity index (χ4v) is 11.1. The van der Waals surface area contributed by atoms with Gasteiger partial charge in [0.25, 0.3) is 0 Å². The van der Waals surface area contributed by atoms with Gasteiger partial charge in [0, 0.05) is 55.4 Å². The number of hydrogen-bond acceptors (Lipinski definition) is 3. The molecule has 1 aliphatic carbocycles. The van der Waals surface area contributed by atoms with Crippen molar-refractivity contribution in [2.24, 2.45) is 0 Å². The second-order valence-corrected chi connectivity index (χ2v) is 16.8. The molecule has 3 heterocycles. The van der Waals surface area contributed by atoms with Crippen LogP contribution in [0.5, 0.6) is 11.5 Å². The Labute approximate surface area is 363 Å². The van der Waals surface area contributed by atoms with Crippen molar-refractivity contribution in [2.45, 2.75) is 5.41 Å². The number of aromatic nitrogens is 1. The summed E-state index contributed by atoms with van der Waals surface area (Å²) in [5.41, 5.74) is 15.0. The fraction of sp³-hybridized carbons (Fsp3) is 0.0169. The van der Waals surface area contributed by atoms with Gasteiger partial charge in [-0.15, -0.1) is 0 Å². The summed E-state index contributed by atoms with van der Waals surface area (Å²) in [4.78, 5) is 2.42. The van der Waals surface area contributed by atoms with Crippen LogP contribution >= 0.6 is 0 Å². The van der Waals surface area contributed by atoms with Gasteiger partial charge in [-0.05, 0) is 118 Å². The zero-order valence-electron chi connectivity index (χ0n) is 34.0. The van der Waals surface area contributed by atoms with Crippen LogP contribution in [0, 0.1) is 0 Å². The molecule has 0 saturated carbocycles. The first-order chi connectivity index (χ1) is 31.2. The van der Waals surface area contributed by atoms with Crippen LogP contribution in [-0.2, 0) is 5.41 Å². The molecule has 1 spiro atoms. The molecule has 0 bridgehead atoms. The van der Waals surface area contributed by atoms with Gasteiger partial charge in [-0.25, -0.2) is 0 Å². The number of ether oxygens (including phenoxy) is 1. The number of benzene rings is 10. The van der Waals surface area contributed by atoms with E-state index in [1.165, 1.54) is 43.8 Å². The molecular weight excluding hydrogens is 769 g/mol. The summed E-state index contributed by atoms with van der Waals surface area (Å²) in [6, 6.07) is 79.2. The van der Waals surface area contributed by atoms with E-state index in [2.05, 4.69) is 216 Å². The number of anilines is 3.